The van der Waals surface area contributed by atoms with Crippen molar-refractivity contribution in [3.63, 3.8) is 0 Å². The summed E-state index contributed by atoms with van der Waals surface area (Å²) in [5.74, 6) is 7.17. The number of hydrogen-bond donors (Lipinski definition) is 1. The Balaban J connectivity index is 1.66. The second kappa shape index (κ2) is 7.96. The van der Waals surface area contributed by atoms with Crippen LogP contribution in [0.25, 0.3) is 0 Å². The zero-order valence-corrected chi connectivity index (χ0v) is 19.8. The van der Waals surface area contributed by atoms with Gasteiger partial charge in [-0.25, -0.2) is 0 Å². The minimum atomic E-state index is -1.14. The van der Waals surface area contributed by atoms with E-state index in [1.165, 1.54) is 22.3 Å². The molecule has 0 unspecified atom stereocenters. The predicted molar refractivity (Wildman–Crippen MR) is 130 cm³/mol. The van der Waals surface area contributed by atoms with Gasteiger partial charge >= 0.3 is 0 Å². The molecule has 0 aliphatic heterocycles. The molecule has 4 aliphatic carbocycles. The standard InChI is InChI=1S/C30H32O3/c1-4-15-30(33)16-14-26-24-12-10-21-17-22(31)11-13-23(21)28(24)25(18-29(26,30)3)19-6-8-20(9-7-19)27(32)5-2/h6-9,14,16-17,24-26,33H,5,10-13,18H2,1-3H3/t24-,25+,26-,29-,30-/m0/s1. The van der Waals surface area contributed by atoms with Crippen LogP contribution in [0, 0.1) is 29.1 Å². The molecule has 0 amide bonds. The van der Waals surface area contributed by atoms with E-state index < -0.39 is 5.60 Å². The van der Waals surface area contributed by atoms with Crippen molar-refractivity contribution in [1.82, 2.24) is 0 Å². The van der Waals surface area contributed by atoms with Crippen molar-refractivity contribution in [1.29, 1.82) is 0 Å². The topological polar surface area (TPSA) is 54.4 Å². The lowest BCUT2D eigenvalue weighted by Gasteiger charge is -2.53. The van der Waals surface area contributed by atoms with Crippen LogP contribution in [0.1, 0.15) is 81.1 Å². The van der Waals surface area contributed by atoms with E-state index in [2.05, 4.69) is 37.0 Å². The summed E-state index contributed by atoms with van der Waals surface area (Å²) in [7, 11) is 0. The van der Waals surface area contributed by atoms with Gasteiger partial charge in [0.15, 0.2) is 11.6 Å². The molecule has 1 aromatic carbocycles. The minimum absolute atomic E-state index is 0.138. The highest BCUT2D eigenvalue weighted by Crippen LogP contribution is 2.64. The number of benzene rings is 1. The van der Waals surface area contributed by atoms with Gasteiger partial charge < -0.3 is 5.11 Å². The lowest BCUT2D eigenvalue weighted by Crippen LogP contribution is -2.51. The maximum atomic E-state index is 12.2. The molecule has 1 N–H and O–H groups in total. The maximum absolute atomic E-state index is 12.2. The highest BCUT2D eigenvalue weighted by atomic mass is 16.3. The van der Waals surface area contributed by atoms with Gasteiger partial charge in [0.25, 0.3) is 0 Å². The van der Waals surface area contributed by atoms with Crippen LogP contribution in [0.2, 0.25) is 0 Å². The molecule has 0 radical (unpaired) electrons. The Kier molecular flexibility index (Phi) is 5.33. The third kappa shape index (κ3) is 3.30. The molecule has 170 valence electrons. The minimum Gasteiger partial charge on any atom is -0.373 e. The van der Waals surface area contributed by atoms with Gasteiger partial charge in [0.05, 0.1) is 0 Å². The zero-order chi connectivity index (χ0) is 23.4. The Bertz CT molecular complexity index is 1170. The molecule has 1 saturated carbocycles. The second-order valence-electron chi connectivity index (χ2n) is 10.3. The largest absolute Gasteiger partial charge is 0.373 e. The first-order valence-corrected chi connectivity index (χ1v) is 12.3. The van der Waals surface area contributed by atoms with E-state index in [0.29, 0.717) is 18.8 Å². The zero-order valence-electron chi connectivity index (χ0n) is 19.8. The quantitative estimate of drug-likeness (QED) is 0.372. The van der Waals surface area contributed by atoms with E-state index in [4.69, 9.17) is 0 Å². The van der Waals surface area contributed by atoms with Crippen LogP contribution in [0.3, 0.4) is 0 Å². The van der Waals surface area contributed by atoms with Gasteiger partial charge in [0.1, 0.15) is 5.60 Å². The Morgan fingerprint density at radius 1 is 1.18 bits per heavy atom. The van der Waals surface area contributed by atoms with E-state index >= 15 is 0 Å². The first-order chi connectivity index (χ1) is 15.8. The highest BCUT2D eigenvalue weighted by molar-refractivity contribution is 5.96. The van der Waals surface area contributed by atoms with Crippen molar-refractivity contribution in [2.24, 2.45) is 17.3 Å². The van der Waals surface area contributed by atoms with Gasteiger partial charge in [0.2, 0.25) is 0 Å². The molecule has 4 aliphatic rings. The van der Waals surface area contributed by atoms with E-state index in [9.17, 15) is 14.7 Å². The van der Waals surface area contributed by atoms with E-state index in [1.54, 1.807) is 6.92 Å². The summed E-state index contributed by atoms with van der Waals surface area (Å²) in [5.41, 5.74) is 4.45. The van der Waals surface area contributed by atoms with Crippen LogP contribution < -0.4 is 0 Å². The van der Waals surface area contributed by atoms with Crippen molar-refractivity contribution in [2.45, 2.75) is 70.8 Å². The summed E-state index contributed by atoms with van der Waals surface area (Å²) in [6.45, 7) is 5.87. The number of aliphatic hydroxyl groups is 1. The fraction of sp³-hybridized carbons (Fsp3) is 0.467. The monoisotopic (exact) mass is 440 g/mol. The number of rotatable bonds is 3. The summed E-state index contributed by atoms with van der Waals surface area (Å²) in [6.07, 6.45) is 10.6. The molecule has 3 nitrogen and oxygen atoms in total. The van der Waals surface area contributed by atoms with Crippen molar-refractivity contribution >= 4 is 11.6 Å². The van der Waals surface area contributed by atoms with Crippen LogP contribution in [-0.4, -0.2) is 22.3 Å². The van der Waals surface area contributed by atoms with Crippen molar-refractivity contribution in [3.8, 4) is 11.8 Å². The van der Waals surface area contributed by atoms with Gasteiger partial charge in [-0.05, 0) is 73.3 Å². The number of fused-ring (bicyclic) bond motifs is 4. The average Bonchev–Trinajstić information content (AvgIpc) is 3.08. The molecule has 1 fully saturated rings. The molecule has 5 atom stereocenters. The van der Waals surface area contributed by atoms with Crippen LogP contribution in [0.15, 0.2) is 59.2 Å². The Labute approximate surface area is 196 Å². The maximum Gasteiger partial charge on any atom is 0.162 e. The van der Waals surface area contributed by atoms with Crippen molar-refractivity contribution in [2.75, 3.05) is 0 Å². The van der Waals surface area contributed by atoms with Gasteiger partial charge in [0, 0.05) is 29.7 Å². The molecule has 1 aromatic rings. The molecule has 0 heterocycles. The predicted octanol–water partition coefficient (Wildman–Crippen LogP) is 5.71. The molecule has 0 saturated heterocycles. The van der Waals surface area contributed by atoms with Crippen molar-refractivity contribution in [3.05, 3.63) is 70.3 Å². The lowest BCUT2D eigenvalue weighted by atomic mass is 9.51. The smallest absolute Gasteiger partial charge is 0.162 e. The Morgan fingerprint density at radius 3 is 2.64 bits per heavy atom. The van der Waals surface area contributed by atoms with E-state index in [1.807, 2.05) is 31.2 Å². The van der Waals surface area contributed by atoms with Crippen LogP contribution in [0.5, 0.6) is 0 Å². The molecular formula is C30H32O3. The van der Waals surface area contributed by atoms with Gasteiger partial charge in [-0.1, -0.05) is 55.7 Å². The number of Topliss-reactive ketones (excluding diaryl/α,β-unsaturated/α-hetero) is 1. The van der Waals surface area contributed by atoms with E-state index in [-0.39, 0.29) is 28.8 Å². The highest BCUT2D eigenvalue weighted by Gasteiger charge is 2.60. The van der Waals surface area contributed by atoms with Crippen LogP contribution in [-0.2, 0) is 4.79 Å². The fourth-order valence-electron chi connectivity index (χ4n) is 6.93. The molecule has 5 rings (SSSR count). The summed E-state index contributed by atoms with van der Waals surface area (Å²) in [6, 6.07) is 8.09. The van der Waals surface area contributed by atoms with Crippen LogP contribution >= 0.6 is 0 Å². The molecule has 3 heteroatoms. The number of ketones is 2. The summed E-state index contributed by atoms with van der Waals surface area (Å²) < 4.78 is 0. The van der Waals surface area contributed by atoms with E-state index in [0.717, 1.165) is 31.2 Å². The summed E-state index contributed by atoms with van der Waals surface area (Å²) in [5, 5.41) is 11.6. The fourth-order valence-corrected chi connectivity index (χ4v) is 6.93. The number of carbonyl (C=O) groups is 2. The van der Waals surface area contributed by atoms with Gasteiger partial charge in [-0.2, -0.15) is 0 Å². The normalized spacial score (nSPS) is 34.6. The molecule has 33 heavy (non-hydrogen) atoms. The third-order valence-electron chi connectivity index (χ3n) is 8.68. The SMILES string of the molecule is CC#C[C@]1(O)C=C[C@H]2[C@@H]3CCC4=CC(=O)CCC4=C3[C@@H](c3ccc(C(=O)CC)cc3)C[C@@]21C. The van der Waals surface area contributed by atoms with Gasteiger partial charge in [-0.15, -0.1) is 5.92 Å². The molecule has 0 spiro atoms. The van der Waals surface area contributed by atoms with Crippen LogP contribution in [0.4, 0.5) is 0 Å². The average molecular weight is 441 g/mol. The summed E-state index contributed by atoms with van der Waals surface area (Å²) >= 11 is 0. The summed E-state index contributed by atoms with van der Waals surface area (Å²) in [4.78, 5) is 24.4. The molecule has 0 bridgehead atoms. The van der Waals surface area contributed by atoms with Crippen molar-refractivity contribution < 1.29 is 14.7 Å². The number of allylic oxidation sites excluding steroid dienone is 5. The number of carbonyl (C=O) groups excluding carboxylic acids is 2. The molecular weight excluding hydrogens is 408 g/mol. The Morgan fingerprint density at radius 2 is 1.94 bits per heavy atom. The first-order valence-electron chi connectivity index (χ1n) is 12.3. The molecule has 0 aromatic heterocycles. The van der Waals surface area contributed by atoms with Gasteiger partial charge in [-0.3, -0.25) is 9.59 Å². The third-order valence-corrected chi connectivity index (χ3v) is 8.68. The first kappa shape index (κ1) is 22.1. The second-order valence-corrected chi connectivity index (χ2v) is 10.3. The Hall–Kier alpha value is -2.70. The lowest BCUT2D eigenvalue weighted by molar-refractivity contribution is -0.114. The number of hydrogen-bond acceptors (Lipinski definition) is 3.